The summed E-state index contributed by atoms with van der Waals surface area (Å²) in [6, 6.07) is 14.1. The second-order valence-electron chi connectivity index (χ2n) is 12.8. The first-order valence-corrected chi connectivity index (χ1v) is 18.7. The quantitative estimate of drug-likeness (QED) is 0.0972. The minimum Gasteiger partial charge on any atom is -0.328 e. The van der Waals surface area contributed by atoms with Gasteiger partial charge in [0, 0.05) is 18.8 Å². The number of hydrogen-bond acceptors (Lipinski definition) is 3. The summed E-state index contributed by atoms with van der Waals surface area (Å²) in [6.45, 7) is 18.0. The Morgan fingerprint density at radius 2 is 1.12 bits per heavy atom. The molecule has 4 heteroatoms. The summed E-state index contributed by atoms with van der Waals surface area (Å²) in [6.07, 6.45) is 17.7. The van der Waals surface area contributed by atoms with Gasteiger partial charge >= 0.3 is 8.60 Å². The highest BCUT2D eigenvalue weighted by molar-refractivity contribution is 7.39. The average Bonchev–Trinajstić information content (AvgIpc) is 2.98. The van der Waals surface area contributed by atoms with Crippen LogP contribution in [0.4, 0.5) is 0 Å². The first-order valence-electron chi connectivity index (χ1n) is 17.5. The van der Waals surface area contributed by atoms with Crippen molar-refractivity contribution in [2.45, 2.75) is 156 Å². The van der Waals surface area contributed by atoms with Crippen LogP contribution in [-0.2, 0) is 43.0 Å². The van der Waals surface area contributed by atoms with Crippen molar-refractivity contribution in [2.75, 3.05) is 0 Å². The molecule has 2 aromatic rings. The Morgan fingerprint density at radius 1 is 0.674 bits per heavy atom. The van der Waals surface area contributed by atoms with Crippen LogP contribution >= 0.6 is 8.60 Å². The Balaban J connectivity index is 2.73. The van der Waals surface area contributed by atoms with Crippen molar-refractivity contribution in [1.82, 2.24) is 0 Å². The highest BCUT2D eigenvalue weighted by Crippen LogP contribution is 2.46. The second kappa shape index (κ2) is 20.5. The third kappa shape index (κ3) is 12.1. The van der Waals surface area contributed by atoms with Crippen LogP contribution < -0.4 is 0 Å². The van der Waals surface area contributed by atoms with Gasteiger partial charge in [-0.1, -0.05) is 122 Å². The molecule has 2 rings (SSSR count). The minimum absolute atomic E-state index is 0.00864. The first-order chi connectivity index (χ1) is 20.8. The van der Waals surface area contributed by atoms with E-state index < -0.39 is 14.2 Å². The fourth-order valence-electron chi connectivity index (χ4n) is 6.75. The molecule has 2 N–H and O–H groups in total. The number of rotatable bonds is 23. The Hall–Kier alpha value is -1.51. The molecular formula is C39H63O3P. The number of aryl methyl sites for hydroxylation is 4. The average molecular weight is 611 g/mol. The lowest BCUT2D eigenvalue weighted by atomic mass is 9.71. The van der Waals surface area contributed by atoms with E-state index in [1.54, 1.807) is 0 Å². The maximum Gasteiger partial charge on any atom is 0.327 e. The van der Waals surface area contributed by atoms with E-state index in [9.17, 15) is 9.79 Å². The van der Waals surface area contributed by atoms with Gasteiger partial charge in [0.05, 0.1) is 5.60 Å². The van der Waals surface area contributed by atoms with Crippen LogP contribution in [0, 0.1) is 5.92 Å². The molecule has 3 nitrogen and oxygen atoms in total. The zero-order valence-electron chi connectivity index (χ0n) is 28.5. The maximum atomic E-state index is 10.6. The zero-order valence-corrected chi connectivity index (χ0v) is 29.4. The van der Waals surface area contributed by atoms with E-state index in [0.717, 1.165) is 76.2 Å². The van der Waals surface area contributed by atoms with Gasteiger partial charge < -0.3 is 14.3 Å². The largest absolute Gasteiger partial charge is 0.328 e. The van der Waals surface area contributed by atoms with Crippen molar-refractivity contribution < 1.29 is 14.3 Å². The fourth-order valence-corrected chi connectivity index (χ4v) is 7.33. The van der Waals surface area contributed by atoms with E-state index in [4.69, 9.17) is 4.52 Å². The Bertz CT molecular complexity index is 1010. The molecule has 0 saturated carbocycles. The molecule has 0 bridgehead atoms. The van der Waals surface area contributed by atoms with E-state index in [2.05, 4.69) is 84.5 Å². The summed E-state index contributed by atoms with van der Waals surface area (Å²) < 4.78 is 6.49. The molecule has 0 aliphatic rings. The summed E-state index contributed by atoms with van der Waals surface area (Å²) >= 11 is 0. The predicted molar refractivity (Wildman–Crippen MR) is 188 cm³/mol. The van der Waals surface area contributed by atoms with Crippen LogP contribution in [0.15, 0.2) is 48.6 Å². The lowest BCUT2D eigenvalue weighted by molar-refractivity contribution is 0.00850. The monoisotopic (exact) mass is 610 g/mol. The summed E-state index contributed by atoms with van der Waals surface area (Å²) in [5.74, 6) is 0.00864. The van der Waals surface area contributed by atoms with E-state index >= 15 is 0 Å². The van der Waals surface area contributed by atoms with Crippen molar-refractivity contribution in [2.24, 2.45) is 5.92 Å². The fraction of sp³-hybridized carbons (Fsp3) is 0.641. The zero-order chi connectivity index (χ0) is 31.7. The molecule has 0 heterocycles. The van der Waals surface area contributed by atoms with Crippen molar-refractivity contribution >= 4 is 8.60 Å². The van der Waals surface area contributed by atoms with Gasteiger partial charge in [-0.15, -0.1) is 0 Å². The number of unbranched alkanes of at least 4 members (excludes halogenated alkanes) is 4. The smallest absolute Gasteiger partial charge is 0.327 e. The molecule has 0 aliphatic heterocycles. The maximum absolute atomic E-state index is 10.6. The Labute approximate surface area is 266 Å². The molecule has 0 radical (unpaired) electrons. The second-order valence-corrected chi connectivity index (χ2v) is 13.4. The molecule has 0 saturated heterocycles. The van der Waals surface area contributed by atoms with Crippen LogP contribution in [0.25, 0.3) is 0 Å². The molecule has 43 heavy (non-hydrogen) atoms. The molecular weight excluding hydrogens is 547 g/mol. The third-order valence-electron chi connectivity index (χ3n) is 9.13. The molecule has 2 aromatic carbocycles. The molecule has 242 valence electrons. The van der Waals surface area contributed by atoms with Crippen LogP contribution in [0.2, 0.25) is 0 Å². The lowest BCUT2D eigenvalue weighted by Crippen LogP contribution is -2.45. The van der Waals surface area contributed by atoms with Crippen LogP contribution in [0.5, 0.6) is 0 Å². The van der Waals surface area contributed by atoms with Crippen molar-refractivity contribution in [3.8, 4) is 0 Å². The van der Waals surface area contributed by atoms with E-state index in [0.29, 0.717) is 12.8 Å². The number of benzene rings is 2. The van der Waals surface area contributed by atoms with Gasteiger partial charge in [-0.25, -0.2) is 0 Å². The lowest BCUT2D eigenvalue weighted by Gasteiger charge is -2.42. The normalized spacial score (nSPS) is 12.7. The molecule has 0 aliphatic carbocycles. The summed E-state index contributed by atoms with van der Waals surface area (Å²) in [5, 5.41) is 0. The third-order valence-corrected chi connectivity index (χ3v) is 9.66. The van der Waals surface area contributed by atoms with Gasteiger partial charge in [0.1, 0.15) is 0 Å². The van der Waals surface area contributed by atoms with Crippen LogP contribution in [0.3, 0.4) is 0 Å². The van der Waals surface area contributed by atoms with Crippen molar-refractivity contribution in [3.63, 3.8) is 0 Å². The van der Waals surface area contributed by atoms with Gasteiger partial charge in [0.25, 0.3) is 0 Å². The Kier molecular flexibility index (Phi) is 18.0. The van der Waals surface area contributed by atoms with Gasteiger partial charge in [-0.3, -0.25) is 0 Å². The summed E-state index contributed by atoms with van der Waals surface area (Å²) in [4.78, 5) is 21.1. The van der Waals surface area contributed by atoms with Crippen LogP contribution in [-0.4, -0.2) is 15.4 Å². The summed E-state index contributed by atoms with van der Waals surface area (Å²) in [5.41, 5.74) is 8.51. The van der Waals surface area contributed by atoms with Crippen molar-refractivity contribution in [1.29, 1.82) is 0 Å². The van der Waals surface area contributed by atoms with Gasteiger partial charge in [-0.2, -0.15) is 0 Å². The highest BCUT2D eigenvalue weighted by Gasteiger charge is 2.43. The first kappa shape index (κ1) is 37.7. The molecule has 0 aromatic heterocycles. The molecule has 0 spiro atoms. The molecule has 0 amide bonds. The predicted octanol–water partition coefficient (Wildman–Crippen LogP) is 11.2. The topological polar surface area (TPSA) is 49.7 Å². The van der Waals surface area contributed by atoms with Gasteiger partial charge in [-0.05, 0) is 97.6 Å². The molecule has 1 unspecified atom stereocenters. The van der Waals surface area contributed by atoms with Crippen molar-refractivity contribution in [3.05, 3.63) is 81.9 Å². The van der Waals surface area contributed by atoms with Gasteiger partial charge in [0.15, 0.2) is 0 Å². The SMILES string of the molecule is C=C(CCC)C(CC)C(Cc1ccc(CCCC)cc1CCCC)(Cc1ccc(CCCC)cc1CCCC)OP(O)O. The van der Waals surface area contributed by atoms with E-state index in [1.165, 1.54) is 59.1 Å². The molecule has 0 fully saturated rings. The van der Waals surface area contributed by atoms with E-state index in [-0.39, 0.29) is 5.92 Å². The number of hydrogen-bond donors (Lipinski definition) is 2. The van der Waals surface area contributed by atoms with Crippen LogP contribution in [0.1, 0.15) is 146 Å². The highest BCUT2D eigenvalue weighted by atomic mass is 31.2. The van der Waals surface area contributed by atoms with Gasteiger partial charge in [0.2, 0.25) is 0 Å². The minimum atomic E-state index is -2.56. The standard InChI is InChI=1S/C39H63O3P/c1-8-14-19-32-23-25-36(34(27-32)21-16-10-3)29-39(42-43(40)41,38(13-6)31(7)18-12-5)30-37-26-24-33(20-15-9-2)28-35(37)22-17-11-4/h23-28,38,40-41H,7-22,29-30H2,1-6H3. The molecule has 1 atom stereocenters. The van der Waals surface area contributed by atoms with E-state index in [1.807, 2.05) is 0 Å². The Morgan fingerprint density at radius 3 is 1.49 bits per heavy atom. The summed E-state index contributed by atoms with van der Waals surface area (Å²) in [7, 11) is -2.56.